The molecule has 3 nitrogen and oxygen atoms in total. The van der Waals surface area contributed by atoms with Crippen LogP contribution < -0.4 is 5.32 Å². The van der Waals surface area contributed by atoms with Crippen molar-refractivity contribution in [3.05, 3.63) is 0 Å². The number of nitrogens with one attached hydrogen (secondary N) is 2. The summed E-state index contributed by atoms with van der Waals surface area (Å²) in [7, 11) is 0. The molecule has 0 saturated carbocycles. The maximum Gasteiger partial charge on any atom is 0.164 e. The Morgan fingerprint density at radius 2 is 2.00 bits per heavy atom. The van der Waals surface area contributed by atoms with Crippen LogP contribution >= 0.6 is 0 Å². The topological polar surface area (TPSA) is 39.1 Å². The third kappa shape index (κ3) is 1.20. The van der Waals surface area contributed by atoms with Gasteiger partial charge in [-0.25, -0.2) is 0 Å². The second-order valence-electron chi connectivity index (χ2n) is 1.85. The number of rotatable bonds is 1. The van der Waals surface area contributed by atoms with E-state index in [9.17, 15) is 0 Å². The molecule has 0 aliphatic carbocycles. The summed E-state index contributed by atoms with van der Waals surface area (Å²) in [5.41, 5.74) is 0. The monoisotopic (exact) mass is 112 g/mol. The molecule has 0 unspecified atom stereocenters. The highest BCUT2D eigenvalue weighted by atomic mass is 15.2. The zero-order valence-electron chi connectivity index (χ0n) is 4.78. The zero-order chi connectivity index (χ0) is 5.82. The van der Waals surface area contributed by atoms with Gasteiger partial charge in [0.05, 0.1) is 0 Å². The Hall–Kier alpha value is -0.570. The van der Waals surface area contributed by atoms with E-state index in [1.807, 2.05) is 4.90 Å². The molecule has 0 aromatic carbocycles. The van der Waals surface area contributed by atoms with E-state index >= 15 is 0 Å². The van der Waals surface area contributed by atoms with Crippen molar-refractivity contribution in [2.24, 2.45) is 0 Å². The third-order valence-electron chi connectivity index (χ3n) is 1.28. The largest absolute Gasteiger partial charge is 0.351 e. The van der Waals surface area contributed by atoms with Crippen molar-refractivity contribution in [1.82, 2.24) is 10.2 Å². The van der Waals surface area contributed by atoms with Gasteiger partial charge in [0.25, 0.3) is 0 Å². The highest BCUT2D eigenvalue weighted by Crippen LogP contribution is 1.84. The van der Waals surface area contributed by atoms with E-state index in [0.717, 1.165) is 26.2 Å². The molecule has 2 N–H and O–H groups in total. The molecule has 1 fully saturated rings. The Balaban J connectivity index is 2.22. The Kier molecular flexibility index (Phi) is 1.86. The van der Waals surface area contributed by atoms with Crippen LogP contribution in [0.15, 0.2) is 0 Å². The lowest BCUT2D eigenvalue weighted by atomic mass is 10.4. The highest BCUT2D eigenvalue weighted by Gasteiger charge is 2.03. The highest BCUT2D eigenvalue weighted by molar-refractivity contribution is 5.50. The summed E-state index contributed by atoms with van der Waals surface area (Å²) < 4.78 is 0. The van der Waals surface area contributed by atoms with Crippen molar-refractivity contribution < 1.29 is 0 Å². The van der Waals surface area contributed by atoms with E-state index in [0.29, 0.717) is 0 Å². The fourth-order valence-electron chi connectivity index (χ4n) is 0.777. The fraction of sp³-hybridized carbons (Fsp3) is 0.800. The van der Waals surface area contributed by atoms with Crippen molar-refractivity contribution in [2.45, 2.75) is 0 Å². The SMILES string of the molecule is N=[C]N1CCNCC1. The Labute approximate surface area is 49.2 Å². The predicted octanol–water partition coefficient (Wildman–Crippen LogP) is -0.624. The van der Waals surface area contributed by atoms with Crippen LogP contribution in [-0.4, -0.2) is 37.4 Å². The zero-order valence-corrected chi connectivity index (χ0v) is 4.78. The van der Waals surface area contributed by atoms with Gasteiger partial charge < -0.3 is 10.2 Å². The summed E-state index contributed by atoms with van der Waals surface area (Å²) in [6.45, 7) is 3.85. The van der Waals surface area contributed by atoms with Gasteiger partial charge in [0.2, 0.25) is 0 Å². The van der Waals surface area contributed by atoms with Crippen LogP contribution in [-0.2, 0) is 0 Å². The van der Waals surface area contributed by atoms with Crippen LogP contribution in [0.3, 0.4) is 0 Å². The van der Waals surface area contributed by atoms with E-state index in [1.54, 1.807) is 0 Å². The van der Waals surface area contributed by atoms with Crippen molar-refractivity contribution in [2.75, 3.05) is 26.2 Å². The molecule has 1 radical (unpaired) electrons. The molecule has 0 atom stereocenters. The molecule has 1 aliphatic heterocycles. The summed E-state index contributed by atoms with van der Waals surface area (Å²) in [6.07, 6.45) is 2.35. The van der Waals surface area contributed by atoms with E-state index < -0.39 is 0 Å². The van der Waals surface area contributed by atoms with Crippen LogP contribution in [0.5, 0.6) is 0 Å². The lowest BCUT2D eigenvalue weighted by Crippen LogP contribution is -2.42. The normalized spacial score (nSPS) is 20.8. The molecule has 1 heterocycles. The third-order valence-corrected chi connectivity index (χ3v) is 1.28. The lowest BCUT2D eigenvalue weighted by Gasteiger charge is -2.23. The van der Waals surface area contributed by atoms with Crippen molar-refractivity contribution >= 4 is 6.34 Å². The van der Waals surface area contributed by atoms with Gasteiger partial charge in [0, 0.05) is 26.2 Å². The Morgan fingerprint density at radius 1 is 1.38 bits per heavy atom. The van der Waals surface area contributed by atoms with Crippen molar-refractivity contribution in [3.63, 3.8) is 0 Å². The smallest absolute Gasteiger partial charge is 0.164 e. The quantitative estimate of drug-likeness (QED) is 0.350. The van der Waals surface area contributed by atoms with Gasteiger partial charge in [0.1, 0.15) is 0 Å². The van der Waals surface area contributed by atoms with Crippen LogP contribution in [0.2, 0.25) is 0 Å². The Morgan fingerprint density at radius 3 is 2.38 bits per heavy atom. The average molecular weight is 112 g/mol. The van der Waals surface area contributed by atoms with E-state index in [2.05, 4.69) is 11.7 Å². The van der Waals surface area contributed by atoms with Crippen LogP contribution in [0.25, 0.3) is 0 Å². The van der Waals surface area contributed by atoms with E-state index in [-0.39, 0.29) is 0 Å². The standard InChI is InChI=1S/C5H10N3/c6-5-8-3-1-7-2-4-8/h6-7H,1-4H2. The molecule has 3 heteroatoms. The molecule has 1 saturated heterocycles. The van der Waals surface area contributed by atoms with Gasteiger partial charge in [-0.3, -0.25) is 5.41 Å². The second kappa shape index (κ2) is 2.67. The molecule has 0 spiro atoms. The molecule has 0 aromatic rings. The van der Waals surface area contributed by atoms with E-state index in [1.165, 1.54) is 0 Å². The average Bonchev–Trinajstić information content (AvgIpc) is 1.90. The molecule has 0 bridgehead atoms. The molecule has 1 rings (SSSR count). The van der Waals surface area contributed by atoms with Gasteiger partial charge in [-0.2, -0.15) is 0 Å². The first-order chi connectivity index (χ1) is 3.93. The number of nitrogens with zero attached hydrogens (tertiary/aromatic N) is 1. The first-order valence-corrected chi connectivity index (χ1v) is 2.81. The van der Waals surface area contributed by atoms with Gasteiger partial charge in [-0.1, -0.05) is 0 Å². The van der Waals surface area contributed by atoms with Gasteiger partial charge in [-0.15, -0.1) is 0 Å². The number of piperazine rings is 1. The van der Waals surface area contributed by atoms with Gasteiger partial charge in [0.15, 0.2) is 6.34 Å². The molecule has 45 valence electrons. The first kappa shape index (κ1) is 5.56. The second-order valence-corrected chi connectivity index (χ2v) is 1.85. The van der Waals surface area contributed by atoms with Gasteiger partial charge >= 0.3 is 0 Å². The number of hydrogen-bond donors (Lipinski definition) is 2. The van der Waals surface area contributed by atoms with Crippen molar-refractivity contribution in [3.8, 4) is 0 Å². The number of hydrogen-bond acceptors (Lipinski definition) is 2. The maximum atomic E-state index is 6.75. The molecule has 8 heavy (non-hydrogen) atoms. The van der Waals surface area contributed by atoms with E-state index in [4.69, 9.17) is 5.41 Å². The van der Waals surface area contributed by atoms with Gasteiger partial charge in [-0.05, 0) is 0 Å². The minimum Gasteiger partial charge on any atom is -0.351 e. The van der Waals surface area contributed by atoms with Crippen LogP contribution in [0.4, 0.5) is 0 Å². The fourth-order valence-corrected chi connectivity index (χ4v) is 0.777. The minimum atomic E-state index is 0.934. The summed E-state index contributed by atoms with van der Waals surface area (Å²) in [4.78, 5) is 1.87. The Bertz CT molecular complexity index is 75.7. The van der Waals surface area contributed by atoms with Crippen LogP contribution in [0.1, 0.15) is 0 Å². The maximum absolute atomic E-state index is 6.75. The molecular formula is C5H10N3. The molecule has 1 aliphatic rings. The predicted molar refractivity (Wildman–Crippen MR) is 32.2 cm³/mol. The lowest BCUT2D eigenvalue weighted by molar-refractivity contribution is 0.365. The van der Waals surface area contributed by atoms with Crippen molar-refractivity contribution in [1.29, 1.82) is 5.41 Å². The molecule has 0 aromatic heterocycles. The summed E-state index contributed by atoms with van der Waals surface area (Å²) in [5, 5.41) is 9.93. The molecule has 0 amide bonds. The minimum absolute atomic E-state index is 0.934. The molecular weight excluding hydrogens is 102 g/mol. The van der Waals surface area contributed by atoms with Crippen LogP contribution in [0, 0.1) is 5.41 Å². The summed E-state index contributed by atoms with van der Waals surface area (Å²) in [6, 6.07) is 0. The summed E-state index contributed by atoms with van der Waals surface area (Å²) >= 11 is 0. The first-order valence-electron chi connectivity index (χ1n) is 2.81. The summed E-state index contributed by atoms with van der Waals surface area (Å²) in [5.74, 6) is 0.